The molecule has 1 aliphatic rings. The summed E-state index contributed by atoms with van der Waals surface area (Å²) in [5.41, 5.74) is 2.51. The molecule has 4 nitrogen and oxygen atoms in total. The number of hydrogen-bond donors (Lipinski definition) is 2. The lowest BCUT2D eigenvalue weighted by atomic mass is 9.96. The number of carbonyl (C=O) groups is 1. The molecule has 0 unspecified atom stereocenters. The molecule has 1 saturated heterocycles. The van der Waals surface area contributed by atoms with Gasteiger partial charge in [0.1, 0.15) is 0 Å². The molecule has 1 amide bonds. The van der Waals surface area contributed by atoms with Gasteiger partial charge in [0.25, 0.3) is 5.91 Å². The zero-order valence-corrected chi connectivity index (χ0v) is 16.1. The summed E-state index contributed by atoms with van der Waals surface area (Å²) in [6.07, 6.45) is 3.35. The summed E-state index contributed by atoms with van der Waals surface area (Å²) >= 11 is 5.34. The van der Waals surface area contributed by atoms with Crippen LogP contribution in [0.25, 0.3) is 0 Å². The van der Waals surface area contributed by atoms with E-state index in [0.717, 1.165) is 29.8 Å². The van der Waals surface area contributed by atoms with Gasteiger partial charge in [-0.15, -0.1) is 0 Å². The lowest BCUT2D eigenvalue weighted by molar-refractivity contribution is 0.0511. The molecular weight excluding hydrogens is 342 g/mol. The van der Waals surface area contributed by atoms with Gasteiger partial charge in [-0.3, -0.25) is 4.79 Å². The average Bonchev–Trinajstić information content (AvgIpc) is 2.63. The predicted molar refractivity (Wildman–Crippen MR) is 112 cm³/mol. The van der Waals surface area contributed by atoms with Crippen LogP contribution in [-0.2, 0) is 0 Å². The number of carbonyl (C=O) groups excluding carboxylic acids is 1. The Kier molecular flexibility index (Phi) is 5.89. The van der Waals surface area contributed by atoms with E-state index in [1.54, 1.807) is 0 Å². The fraction of sp³-hybridized carbons (Fsp3) is 0.333. The quantitative estimate of drug-likeness (QED) is 0.758. The molecule has 2 aromatic rings. The molecule has 1 heterocycles. The Morgan fingerprint density at radius 3 is 2.04 bits per heavy atom. The molecule has 2 N–H and O–H groups in total. The Labute approximate surface area is 160 Å². The number of nitrogens with one attached hydrogen (secondary N) is 2. The van der Waals surface area contributed by atoms with Crippen LogP contribution in [0.4, 0.5) is 11.4 Å². The standard InChI is InChI=1S/C21H25N3OS/c1-15-7-6-8-16(2)24(15)20(25)17-11-13-19(14-12-17)23-21(26)22-18-9-4-3-5-10-18/h3-5,9-16H,6-8H2,1-2H3,(H2,22,23,26)/t15-,16+. The molecule has 0 aliphatic carbocycles. The van der Waals surface area contributed by atoms with Crippen molar-refractivity contribution in [1.29, 1.82) is 0 Å². The topological polar surface area (TPSA) is 44.4 Å². The second kappa shape index (κ2) is 8.32. The second-order valence-electron chi connectivity index (χ2n) is 6.86. The maximum Gasteiger partial charge on any atom is 0.254 e. The Morgan fingerprint density at radius 1 is 0.923 bits per heavy atom. The van der Waals surface area contributed by atoms with E-state index in [1.165, 1.54) is 6.42 Å². The van der Waals surface area contributed by atoms with Gasteiger partial charge in [0.15, 0.2) is 5.11 Å². The fourth-order valence-corrected chi connectivity index (χ4v) is 3.72. The third kappa shape index (κ3) is 4.41. The summed E-state index contributed by atoms with van der Waals surface area (Å²) in [7, 11) is 0. The van der Waals surface area contributed by atoms with Gasteiger partial charge in [-0.2, -0.15) is 0 Å². The maximum absolute atomic E-state index is 12.9. The van der Waals surface area contributed by atoms with Crippen molar-refractivity contribution in [3.63, 3.8) is 0 Å². The van der Waals surface area contributed by atoms with Crippen LogP contribution in [0.2, 0.25) is 0 Å². The number of nitrogens with zero attached hydrogens (tertiary/aromatic N) is 1. The molecule has 136 valence electrons. The Hall–Kier alpha value is -2.40. The number of anilines is 2. The number of benzene rings is 2. The van der Waals surface area contributed by atoms with Gasteiger partial charge in [0.2, 0.25) is 0 Å². The highest BCUT2D eigenvalue weighted by Gasteiger charge is 2.29. The van der Waals surface area contributed by atoms with Crippen molar-refractivity contribution in [2.45, 2.75) is 45.2 Å². The molecule has 1 fully saturated rings. The van der Waals surface area contributed by atoms with Crippen molar-refractivity contribution in [2.24, 2.45) is 0 Å². The van der Waals surface area contributed by atoms with Crippen molar-refractivity contribution >= 4 is 34.6 Å². The highest BCUT2D eigenvalue weighted by molar-refractivity contribution is 7.80. The van der Waals surface area contributed by atoms with Crippen LogP contribution in [0.5, 0.6) is 0 Å². The van der Waals surface area contributed by atoms with Crippen LogP contribution in [0, 0.1) is 0 Å². The minimum Gasteiger partial charge on any atom is -0.333 e. The summed E-state index contributed by atoms with van der Waals surface area (Å²) < 4.78 is 0. The first kappa shape index (κ1) is 18.4. The first-order chi connectivity index (χ1) is 12.5. The van der Waals surface area contributed by atoms with Gasteiger partial charge < -0.3 is 15.5 Å². The van der Waals surface area contributed by atoms with Crippen molar-refractivity contribution in [3.05, 3.63) is 60.2 Å². The SMILES string of the molecule is C[C@@H]1CCC[C@H](C)N1C(=O)c1ccc(NC(=S)Nc2ccccc2)cc1. The summed E-state index contributed by atoms with van der Waals surface area (Å²) in [6, 6.07) is 17.9. The van der Waals surface area contributed by atoms with Crippen molar-refractivity contribution in [1.82, 2.24) is 4.90 Å². The van der Waals surface area contributed by atoms with Gasteiger partial charge in [0, 0.05) is 29.0 Å². The molecule has 1 aliphatic heterocycles. The van der Waals surface area contributed by atoms with E-state index in [-0.39, 0.29) is 5.91 Å². The Morgan fingerprint density at radius 2 is 1.46 bits per heavy atom. The van der Waals surface area contributed by atoms with Crippen molar-refractivity contribution < 1.29 is 4.79 Å². The number of amides is 1. The van der Waals surface area contributed by atoms with Crippen LogP contribution in [0.3, 0.4) is 0 Å². The summed E-state index contributed by atoms with van der Waals surface area (Å²) in [5.74, 6) is 0.112. The first-order valence-electron chi connectivity index (χ1n) is 9.10. The summed E-state index contributed by atoms with van der Waals surface area (Å²) in [5, 5.41) is 6.81. The highest BCUT2D eigenvalue weighted by atomic mass is 32.1. The van der Waals surface area contributed by atoms with Gasteiger partial charge in [-0.1, -0.05) is 18.2 Å². The van der Waals surface area contributed by atoms with Gasteiger partial charge in [0.05, 0.1) is 0 Å². The van der Waals surface area contributed by atoms with Gasteiger partial charge in [-0.05, 0) is 81.7 Å². The molecule has 0 saturated carbocycles. The molecule has 0 spiro atoms. The molecule has 2 atom stereocenters. The predicted octanol–water partition coefficient (Wildman–Crippen LogP) is 4.90. The van der Waals surface area contributed by atoms with Crippen molar-refractivity contribution in [2.75, 3.05) is 10.6 Å². The molecule has 0 radical (unpaired) electrons. The average molecular weight is 368 g/mol. The smallest absolute Gasteiger partial charge is 0.254 e. The first-order valence-corrected chi connectivity index (χ1v) is 9.51. The van der Waals surface area contributed by atoms with E-state index in [4.69, 9.17) is 12.2 Å². The summed E-state index contributed by atoms with van der Waals surface area (Å²) in [6.45, 7) is 4.27. The largest absolute Gasteiger partial charge is 0.333 e. The van der Waals surface area contributed by atoms with E-state index in [0.29, 0.717) is 17.2 Å². The van der Waals surface area contributed by atoms with Crippen LogP contribution < -0.4 is 10.6 Å². The lowest BCUT2D eigenvalue weighted by Crippen LogP contribution is -2.47. The maximum atomic E-state index is 12.9. The summed E-state index contributed by atoms with van der Waals surface area (Å²) in [4.78, 5) is 14.9. The fourth-order valence-electron chi connectivity index (χ4n) is 3.48. The molecule has 0 aromatic heterocycles. The number of thiocarbonyl (C=S) groups is 1. The molecule has 5 heteroatoms. The number of rotatable bonds is 3. The monoisotopic (exact) mass is 367 g/mol. The number of hydrogen-bond acceptors (Lipinski definition) is 2. The van der Waals surface area contributed by atoms with E-state index in [2.05, 4.69) is 24.5 Å². The van der Waals surface area contributed by atoms with Gasteiger partial charge >= 0.3 is 0 Å². The molecule has 3 rings (SSSR count). The Bertz CT molecular complexity index is 751. The molecule has 26 heavy (non-hydrogen) atoms. The van der Waals surface area contributed by atoms with Crippen LogP contribution >= 0.6 is 12.2 Å². The van der Waals surface area contributed by atoms with Gasteiger partial charge in [-0.25, -0.2) is 0 Å². The minimum atomic E-state index is 0.112. The van der Waals surface area contributed by atoms with Crippen molar-refractivity contribution in [3.8, 4) is 0 Å². The minimum absolute atomic E-state index is 0.112. The number of likely N-dealkylation sites (tertiary alicyclic amines) is 1. The van der Waals surface area contributed by atoms with E-state index < -0.39 is 0 Å². The van der Waals surface area contributed by atoms with Crippen LogP contribution in [0.15, 0.2) is 54.6 Å². The zero-order chi connectivity index (χ0) is 18.5. The van der Waals surface area contributed by atoms with E-state index in [1.807, 2.05) is 59.5 Å². The third-order valence-electron chi connectivity index (χ3n) is 4.85. The second-order valence-corrected chi connectivity index (χ2v) is 7.27. The zero-order valence-electron chi connectivity index (χ0n) is 15.2. The lowest BCUT2D eigenvalue weighted by Gasteiger charge is -2.39. The number of para-hydroxylation sites is 1. The molecular formula is C21H25N3OS. The van der Waals surface area contributed by atoms with Crippen LogP contribution in [0.1, 0.15) is 43.5 Å². The third-order valence-corrected chi connectivity index (χ3v) is 5.05. The normalized spacial score (nSPS) is 19.7. The highest BCUT2D eigenvalue weighted by Crippen LogP contribution is 2.25. The molecule has 0 bridgehead atoms. The Balaban J connectivity index is 1.62. The van der Waals surface area contributed by atoms with E-state index in [9.17, 15) is 4.79 Å². The van der Waals surface area contributed by atoms with Crippen LogP contribution in [-0.4, -0.2) is 28.0 Å². The molecule has 2 aromatic carbocycles. The number of piperidine rings is 1. The van der Waals surface area contributed by atoms with E-state index >= 15 is 0 Å².